The molecular weight excluding hydrogens is 264 g/mol. The van der Waals surface area contributed by atoms with Gasteiger partial charge in [-0.1, -0.05) is 0 Å². The molecule has 0 saturated carbocycles. The summed E-state index contributed by atoms with van der Waals surface area (Å²) in [5, 5.41) is 9.98. The SMILES string of the molecule is CCOC(=O)CCc1csc(Nc2ccnn2C)n1. The molecule has 2 aromatic rings. The number of nitrogens with one attached hydrogen (secondary N) is 1. The number of hydrogen-bond donors (Lipinski definition) is 1. The van der Waals surface area contributed by atoms with Gasteiger partial charge in [0.05, 0.1) is 24.9 Å². The van der Waals surface area contributed by atoms with Crippen molar-refractivity contribution in [2.75, 3.05) is 11.9 Å². The van der Waals surface area contributed by atoms with Crippen molar-refractivity contribution in [1.82, 2.24) is 14.8 Å². The van der Waals surface area contributed by atoms with Crippen LogP contribution in [0.1, 0.15) is 19.0 Å². The Bertz CT molecular complexity index is 549. The summed E-state index contributed by atoms with van der Waals surface area (Å²) in [7, 11) is 1.86. The highest BCUT2D eigenvalue weighted by atomic mass is 32.1. The molecule has 0 radical (unpaired) electrons. The van der Waals surface area contributed by atoms with E-state index >= 15 is 0 Å². The van der Waals surface area contributed by atoms with Gasteiger partial charge >= 0.3 is 5.97 Å². The van der Waals surface area contributed by atoms with Gasteiger partial charge in [0.2, 0.25) is 0 Å². The molecular formula is C12H16N4O2S. The number of aryl methyl sites for hydroxylation is 2. The minimum Gasteiger partial charge on any atom is -0.466 e. The van der Waals surface area contributed by atoms with E-state index in [1.807, 2.05) is 18.5 Å². The van der Waals surface area contributed by atoms with E-state index in [-0.39, 0.29) is 5.97 Å². The third-order valence-corrected chi connectivity index (χ3v) is 3.30. The van der Waals surface area contributed by atoms with Gasteiger partial charge in [-0.05, 0) is 6.92 Å². The molecule has 7 heteroatoms. The van der Waals surface area contributed by atoms with Crippen molar-refractivity contribution >= 4 is 28.3 Å². The fourth-order valence-corrected chi connectivity index (χ4v) is 2.30. The van der Waals surface area contributed by atoms with Crippen molar-refractivity contribution in [2.24, 2.45) is 7.05 Å². The number of ether oxygens (including phenoxy) is 1. The molecule has 0 unspecified atom stereocenters. The van der Waals surface area contributed by atoms with Gasteiger partial charge < -0.3 is 10.1 Å². The van der Waals surface area contributed by atoms with Gasteiger partial charge in [0.25, 0.3) is 0 Å². The van der Waals surface area contributed by atoms with Crippen molar-refractivity contribution in [3.63, 3.8) is 0 Å². The maximum absolute atomic E-state index is 11.3. The van der Waals surface area contributed by atoms with Gasteiger partial charge in [0.1, 0.15) is 5.82 Å². The number of hydrogen-bond acceptors (Lipinski definition) is 6. The highest BCUT2D eigenvalue weighted by molar-refractivity contribution is 7.13. The first-order valence-electron chi connectivity index (χ1n) is 6.04. The van der Waals surface area contributed by atoms with Crippen LogP contribution >= 0.6 is 11.3 Å². The molecule has 0 saturated heterocycles. The average molecular weight is 280 g/mol. The van der Waals surface area contributed by atoms with E-state index in [2.05, 4.69) is 15.4 Å². The van der Waals surface area contributed by atoms with E-state index in [9.17, 15) is 4.79 Å². The highest BCUT2D eigenvalue weighted by Gasteiger charge is 2.07. The Kier molecular flexibility index (Phi) is 4.51. The van der Waals surface area contributed by atoms with Crippen molar-refractivity contribution in [3.8, 4) is 0 Å². The zero-order valence-corrected chi connectivity index (χ0v) is 11.7. The Morgan fingerprint density at radius 2 is 2.42 bits per heavy atom. The minimum absolute atomic E-state index is 0.184. The lowest BCUT2D eigenvalue weighted by atomic mass is 10.2. The van der Waals surface area contributed by atoms with Gasteiger partial charge in [-0.15, -0.1) is 11.3 Å². The van der Waals surface area contributed by atoms with E-state index in [0.717, 1.165) is 16.6 Å². The standard InChI is InChI=1S/C12H16N4O2S/c1-3-18-11(17)5-4-9-8-19-12(14-9)15-10-6-7-13-16(10)2/h6-8H,3-5H2,1-2H3,(H,14,15). The Labute approximate surface area is 115 Å². The second-order valence-electron chi connectivity index (χ2n) is 3.91. The second-order valence-corrected chi connectivity index (χ2v) is 4.77. The molecule has 2 aromatic heterocycles. The first kappa shape index (κ1) is 13.5. The molecule has 0 fully saturated rings. The third kappa shape index (κ3) is 3.78. The van der Waals surface area contributed by atoms with E-state index in [0.29, 0.717) is 19.4 Å². The summed E-state index contributed by atoms with van der Waals surface area (Å²) in [6, 6.07) is 1.87. The molecule has 0 aliphatic carbocycles. The average Bonchev–Trinajstić information content (AvgIpc) is 2.98. The molecule has 0 bridgehead atoms. The Morgan fingerprint density at radius 1 is 1.58 bits per heavy atom. The van der Waals surface area contributed by atoms with Crippen molar-refractivity contribution in [1.29, 1.82) is 0 Å². The van der Waals surface area contributed by atoms with Crippen LogP contribution in [0.3, 0.4) is 0 Å². The molecule has 6 nitrogen and oxygen atoms in total. The normalized spacial score (nSPS) is 10.4. The fourth-order valence-electron chi connectivity index (χ4n) is 1.55. The maximum atomic E-state index is 11.3. The molecule has 1 N–H and O–H groups in total. The van der Waals surface area contributed by atoms with E-state index in [4.69, 9.17) is 4.74 Å². The Hall–Kier alpha value is -1.89. The quantitative estimate of drug-likeness (QED) is 0.821. The van der Waals surface area contributed by atoms with Crippen molar-refractivity contribution in [3.05, 3.63) is 23.3 Å². The van der Waals surface area contributed by atoms with Crippen LogP contribution in [0.15, 0.2) is 17.6 Å². The zero-order valence-electron chi connectivity index (χ0n) is 10.9. The number of carbonyl (C=O) groups excluding carboxylic acids is 1. The summed E-state index contributed by atoms with van der Waals surface area (Å²) in [6.07, 6.45) is 2.68. The van der Waals surface area contributed by atoms with Crippen molar-refractivity contribution in [2.45, 2.75) is 19.8 Å². The molecule has 102 valence electrons. The topological polar surface area (TPSA) is 69.0 Å². The molecule has 0 aliphatic rings. The van der Waals surface area contributed by atoms with Gasteiger partial charge in [-0.25, -0.2) is 4.98 Å². The lowest BCUT2D eigenvalue weighted by molar-refractivity contribution is -0.143. The fraction of sp³-hybridized carbons (Fsp3) is 0.417. The number of nitrogens with zero attached hydrogens (tertiary/aromatic N) is 3. The molecule has 2 rings (SSSR count). The van der Waals surface area contributed by atoms with Crippen LogP contribution in [0.4, 0.5) is 10.9 Å². The number of esters is 1. The number of carbonyl (C=O) groups is 1. The summed E-state index contributed by atoms with van der Waals surface area (Å²) in [5.74, 6) is 0.697. The number of thiazole rings is 1. The minimum atomic E-state index is -0.184. The molecule has 0 aromatic carbocycles. The summed E-state index contributed by atoms with van der Waals surface area (Å²) in [5.41, 5.74) is 0.891. The summed E-state index contributed by atoms with van der Waals surface area (Å²) >= 11 is 1.51. The van der Waals surface area contributed by atoms with Crippen LogP contribution in [0, 0.1) is 0 Å². The van der Waals surface area contributed by atoms with Gasteiger partial charge in [-0.2, -0.15) is 5.10 Å². The first-order chi connectivity index (χ1) is 9.19. The lowest BCUT2D eigenvalue weighted by Gasteiger charge is -2.01. The predicted octanol–water partition coefficient (Wildman–Crippen LogP) is 2.12. The molecule has 2 heterocycles. The molecule has 0 aliphatic heterocycles. The Balaban J connectivity index is 1.89. The van der Waals surface area contributed by atoms with Crippen molar-refractivity contribution < 1.29 is 9.53 Å². The van der Waals surface area contributed by atoms with Gasteiger partial charge in [0.15, 0.2) is 5.13 Å². The summed E-state index contributed by atoms with van der Waals surface area (Å²) in [4.78, 5) is 15.7. The smallest absolute Gasteiger partial charge is 0.306 e. The van der Waals surface area contributed by atoms with Crippen LogP contribution in [0.5, 0.6) is 0 Å². The summed E-state index contributed by atoms with van der Waals surface area (Å²) in [6.45, 7) is 2.22. The van der Waals surface area contributed by atoms with E-state index in [1.165, 1.54) is 11.3 Å². The molecule has 0 spiro atoms. The van der Waals surface area contributed by atoms with Crippen LogP contribution in [0.25, 0.3) is 0 Å². The highest BCUT2D eigenvalue weighted by Crippen LogP contribution is 2.20. The van der Waals surface area contributed by atoms with Crippen LogP contribution in [0.2, 0.25) is 0 Å². The first-order valence-corrected chi connectivity index (χ1v) is 6.92. The number of aromatic nitrogens is 3. The number of rotatable bonds is 6. The van der Waals surface area contributed by atoms with E-state index < -0.39 is 0 Å². The number of anilines is 2. The maximum Gasteiger partial charge on any atom is 0.306 e. The van der Waals surface area contributed by atoms with Gasteiger partial charge in [0, 0.05) is 24.9 Å². The molecule has 0 amide bonds. The third-order valence-electron chi connectivity index (χ3n) is 2.50. The zero-order chi connectivity index (χ0) is 13.7. The summed E-state index contributed by atoms with van der Waals surface area (Å²) < 4.78 is 6.62. The molecule has 19 heavy (non-hydrogen) atoms. The van der Waals surface area contributed by atoms with Crippen LogP contribution in [-0.2, 0) is 23.0 Å². The monoisotopic (exact) mass is 280 g/mol. The predicted molar refractivity (Wildman–Crippen MR) is 73.6 cm³/mol. The van der Waals surface area contributed by atoms with Gasteiger partial charge in [-0.3, -0.25) is 9.48 Å². The second kappa shape index (κ2) is 6.33. The van der Waals surface area contributed by atoms with Crippen LogP contribution in [-0.4, -0.2) is 27.3 Å². The molecule has 0 atom stereocenters. The Morgan fingerprint density at radius 3 is 3.11 bits per heavy atom. The lowest BCUT2D eigenvalue weighted by Crippen LogP contribution is -2.05. The van der Waals surface area contributed by atoms with Crippen LogP contribution < -0.4 is 5.32 Å². The van der Waals surface area contributed by atoms with E-state index in [1.54, 1.807) is 17.8 Å². The largest absolute Gasteiger partial charge is 0.466 e.